The van der Waals surface area contributed by atoms with Gasteiger partial charge in [0.2, 0.25) is 0 Å². The summed E-state index contributed by atoms with van der Waals surface area (Å²) in [6, 6.07) is 29.2. The van der Waals surface area contributed by atoms with Crippen LogP contribution in [0.25, 0.3) is 33.0 Å². The SMILES string of the molecule is CCOC(=O)Cc1c(-c2ccccc2)c(-c2ccccc2)c2ccccc2c1C. The van der Waals surface area contributed by atoms with Gasteiger partial charge in [-0.2, -0.15) is 0 Å². The number of aryl methyl sites for hydroxylation is 1. The van der Waals surface area contributed by atoms with Crippen LogP contribution in [0.15, 0.2) is 84.9 Å². The Morgan fingerprint density at radius 2 is 1.24 bits per heavy atom. The van der Waals surface area contributed by atoms with Gasteiger partial charge in [0.15, 0.2) is 0 Å². The zero-order chi connectivity index (χ0) is 20.2. The van der Waals surface area contributed by atoms with E-state index in [0.717, 1.165) is 33.4 Å². The maximum absolute atomic E-state index is 12.5. The van der Waals surface area contributed by atoms with Crippen LogP contribution in [0.5, 0.6) is 0 Å². The van der Waals surface area contributed by atoms with Gasteiger partial charge in [0.25, 0.3) is 0 Å². The monoisotopic (exact) mass is 380 g/mol. The molecular weight excluding hydrogens is 356 g/mol. The summed E-state index contributed by atoms with van der Waals surface area (Å²) in [6.07, 6.45) is 0.259. The fourth-order valence-electron chi connectivity index (χ4n) is 4.07. The molecule has 0 heterocycles. The van der Waals surface area contributed by atoms with E-state index in [2.05, 4.69) is 67.6 Å². The Kier molecular flexibility index (Phi) is 5.44. The third-order valence-electron chi connectivity index (χ3n) is 5.36. The molecule has 0 saturated heterocycles. The van der Waals surface area contributed by atoms with Crippen LogP contribution in [0.3, 0.4) is 0 Å². The molecule has 0 radical (unpaired) electrons. The van der Waals surface area contributed by atoms with E-state index in [4.69, 9.17) is 4.74 Å². The lowest BCUT2D eigenvalue weighted by molar-refractivity contribution is -0.142. The largest absolute Gasteiger partial charge is 0.466 e. The zero-order valence-electron chi connectivity index (χ0n) is 16.8. The number of esters is 1. The number of rotatable bonds is 5. The first-order valence-corrected chi connectivity index (χ1v) is 10.0. The number of benzene rings is 4. The highest BCUT2D eigenvalue weighted by Gasteiger charge is 2.21. The Bertz CT molecular complexity index is 1150. The van der Waals surface area contributed by atoms with E-state index in [1.807, 2.05) is 31.2 Å². The quantitative estimate of drug-likeness (QED) is 0.365. The van der Waals surface area contributed by atoms with Crippen molar-refractivity contribution in [3.63, 3.8) is 0 Å². The van der Waals surface area contributed by atoms with E-state index in [-0.39, 0.29) is 12.4 Å². The van der Waals surface area contributed by atoms with Gasteiger partial charge in [-0.3, -0.25) is 4.79 Å². The van der Waals surface area contributed by atoms with Crippen LogP contribution in [0.4, 0.5) is 0 Å². The van der Waals surface area contributed by atoms with Crippen molar-refractivity contribution in [1.29, 1.82) is 0 Å². The molecule has 144 valence electrons. The number of hydrogen-bond acceptors (Lipinski definition) is 2. The molecule has 0 aliphatic rings. The molecule has 0 aromatic heterocycles. The summed E-state index contributed by atoms with van der Waals surface area (Å²) >= 11 is 0. The van der Waals surface area contributed by atoms with E-state index >= 15 is 0 Å². The van der Waals surface area contributed by atoms with Crippen LogP contribution in [0.2, 0.25) is 0 Å². The lowest BCUT2D eigenvalue weighted by Gasteiger charge is -2.21. The Balaban J connectivity index is 2.12. The first kappa shape index (κ1) is 18.9. The molecular formula is C27H24O2. The molecule has 0 fully saturated rings. The summed E-state index contributed by atoms with van der Waals surface area (Å²) < 4.78 is 5.31. The summed E-state index contributed by atoms with van der Waals surface area (Å²) in [7, 11) is 0. The third-order valence-corrected chi connectivity index (χ3v) is 5.36. The molecule has 0 unspecified atom stereocenters. The minimum absolute atomic E-state index is 0.193. The van der Waals surface area contributed by atoms with Crippen LogP contribution >= 0.6 is 0 Å². The maximum Gasteiger partial charge on any atom is 0.310 e. The number of carbonyl (C=O) groups excluding carboxylic acids is 1. The lowest BCUT2D eigenvalue weighted by atomic mass is 9.82. The van der Waals surface area contributed by atoms with Gasteiger partial charge < -0.3 is 4.74 Å². The van der Waals surface area contributed by atoms with Crippen molar-refractivity contribution >= 4 is 16.7 Å². The first-order valence-electron chi connectivity index (χ1n) is 10.0. The Labute approximate surface area is 171 Å². The van der Waals surface area contributed by atoms with Crippen molar-refractivity contribution in [3.05, 3.63) is 96.1 Å². The molecule has 0 atom stereocenters. The van der Waals surface area contributed by atoms with E-state index in [1.165, 1.54) is 10.8 Å². The maximum atomic E-state index is 12.5. The average Bonchev–Trinajstić information content (AvgIpc) is 2.77. The highest BCUT2D eigenvalue weighted by atomic mass is 16.5. The normalized spacial score (nSPS) is 10.8. The standard InChI is InChI=1S/C27H24O2/c1-3-29-25(28)18-24-19(2)22-16-10-11-17-23(22)26(20-12-6-4-7-13-20)27(24)21-14-8-5-9-15-21/h4-17H,3,18H2,1-2H3. The molecule has 29 heavy (non-hydrogen) atoms. The van der Waals surface area contributed by atoms with Crippen molar-refractivity contribution in [1.82, 2.24) is 0 Å². The summed E-state index contributed by atoms with van der Waals surface area (Å²) in [5.74, 6) is -0.193. The van der Waals surface area contributed by atoms with Crippen LogP contribution in [0, 0.1) is 6.92 Å². The molecule has 0 saturated carbocycles. The molecule has 2 heteroatoms. The Morgan fingerprint density at radius 1 is 0.724 bits per heavy atom. The molecule has 0 bridgehead atoms. The first-order chi connectivity index (χ1) is 14.2. The fourth-order valence-corrected chi connectivity index (χ4v) is 4.07. The molecule has 4 aromatic rings. The van der Waals surface area contributed by atoms with Gasteiger partial charge in [-0.05, 0) is 58.0 Å². The van der Waals surface area contributed by atoms with E-state index in [0.29, 0.717) is 6.61 Å². The predicted molar refractivity (Wildman–Crippen MR) is 120 cm³/mol. The average molecular weight is 380 g/mol. The van der Waals surface area contributed by atoms with Crippen LogP contribution in [-0.4, -0.2) is 12.6 Å². The Hall–Kier alpha value is -3.39. The minimum atomic E-state index is -0.193. The van der Waals surface area contributed by atoms with E-state index in [9.17, 15) is 4.79 Å². The molecule has 0 amide bonds. The second kappa shape index (κ2) is 8.32. The van der Waals surface area contributed by atoms with E-state index in [1.54, 1.807) is 0 Å². The van der Waals surface area contributed by atoms with Crippen molar-refractivity contribution in [3.8, 4) is 22.3 Å². The van der Waals surface area contributed by atoms with Crippen molar-refractivity contribution in [2.75, 3.05) is 6.61 Å². The predicted octanol–water partition coefficient (Wildman–Crippen LogP) is 6.59. The van der Waals surface area contributed by atoms with Gasteiger partial charge >= 0.3 is 5.97 Å². The molecule has 0 aliphatic heterocycles. The van der Waals surface area contributed by atoms with Crippen molar-refractivity contribution in [2.45, 2.75) is 20.3 Å². The Morgan fingerprint density at radius 3 is 1.83 bits per heavy atom. The third kappa shape index (κ3) is 3.66. The summed E-state index contributed by atoms with van der Waals surface area (Å²) in [5, 5.41) is 2.37. The topological polar surface area (TPSA) is 26.3 Å². The molecule has 4 aromatic carbocycles. The van der Waals surface area contributed by atoms with Crippen LogP contribution in [0.1, 0.15) is 18.1 Å². The molecule has 0 spiro atoms. The second-order valence-electron chi connectivity index (χ2n) is 7.11. The molecule has 4 rings (SSSR count). The number of fused-ring (bicyclic) bond motifs is 1. The summed E-state index contributed by atoms with van der Waals surface area (Å²) in [5.41, 5.74) is 6.70. The lowest BCUT2D eigenvalue weighted by Crippen LogP contribution is -2.11. The van der Waals surface area contributed by atoms with Crippen molar-refractivity contribution in [2.24, 2.45) is 0 Å². The zero-order valence-corrected chi connectivity index (χ0v) is 16.8. The van der Waals surface area contributed by atoms with Gasteiger partial charge in [0, 0.05) is 0 Å². The molecule has 0 N–H and O–H groups in total. The van der Waals surface area contributed by atoms with Gasteiger partial charge in [-0.25, -0.2) is 0 Å². The summed E-state index contributed by atoms with van der Waals surface area (Å²) in [6.45, 7) is 4.34. The van der Waals surface area contributed by atoms with Gasteiger partial charge in [-0.1, -0.05) is 84.9 Å². The fraction of sp³-hybridized carbons (Fsp3) is 0.148. The second-order valence-corrected chi connectivity index (χ2v) is 7.11. The van der Waals surface area contributed by atoms with Crippen molar-refractivity contribution < 1.29 is 9.53 Å². The number of hydrogen-bond donors (Lipinski definition) is 0. The smallest absolute Gasteiger partial charge is 0.310 e. The van der Waals surface area contributed by atoms with Gasteiger partial charge in [0.1, 0.15) is 0 Å². The highest BCUT2D eigenvalue weighted by Crippen LogP contribution is 2.43. The van der Waals surface area contributed by atoms with E-state index < -0.39 is 0 Å². The van der Waals surface area contributed by atoms with Crippen LogP contribution < -0.4 is 0 Å². The number of ether oxygens (including phenoxy) is 1. The number of carbonyl (C=O) groups is 1. The van der Waals surface area contributed by atoms with Gasteiger partial charge in [-0.15, -0.1) is 0 Å². The summed E-state index contributed by atoms with van der Waals surface area (Å²) in [4.78, 5) is 12.5. The van der Waals surface area contributed by atoms with Gasteiger partial charge in [0.05, 0.1) is 13.0 Å². The molecule has 0 aliphatic carbocycles. The minimum Gasteiger partial charge on any atom is -0.466 e. The molecule has 2 nitrogen and oxygen atoms in total. The highest BCUT2D eigenvalue weighted by molar-refractivity contribution is 6.07. The van der Waals surface area contributed by atoms with Crippen LogP contribution in [-0.2, 0) is 16.0 Å².